The van der Waals surface area contributed by atoms with Crippen LogP contribution in [0.1, 0.15) is 75.9 Å². The van der Waals surface area contributed by atoms with Crippen molar-refractivity contribution >= 4 is 24.0 Å². The molecule has 2 saturated heterocycles. The van der Waals surface area contributed by atoms with Gasteiger partial charge < -0.3 is 49.3 Å². The van der Waals surface area contributed by atoms with E-state index in [1.807, 2.05) is 58.3 Å². The summed E-state index contributed by atoms with van der Waals surface area (Å²) >= 11 is 0. The Labute approximate surface area is 386 Å². The molecule has 4 aliphatic rings. The minimum absolute atomic E-state index is 0.0453. The first kappa shape index (κ1) is 46.4. The zero-order chi connectivity index (χ0) is 46.5. The molecule has 2 aromatic carbocycles. The first-order valence-corrected chi connectivity index (χ1v) is 23.2. The topological polar surface area (TPSA) is 193 Å². The van der Waals surface area contributed by atoms with Crippen molar-refractivity contribution in [2.45, 2.75) is 90.6 Å². The largest absolute Gasteiger partial charge is 0.453 e. The minimum Gasteiger partial charge on any atom is -0.453 e. The Bertz CT molecular complexity index is 2210. The number of alkyl carbamates (subject to hydrolysis) is 2. The van der Waals surface area contributed by atoms with Gasteiger partial charge in [0.2, 0.25) is 11.8 Å². The Morgan fingerprint density at radius 3 is 1.29 bits per heavy atom. The van der Waals surface area contributed by atoms with Gasteiger partial charge in [0.05, 0.1) is 51.1 Å². The van der Waals surface area contributed by atoms with Gasteiger partial charge in [0.1, 0.15) is 23.7 Å². The van der Waals surface area contributed by atoms with E-state index in [0.29, 0.717) is 101 Å². The highest BCUT2D eigenvalue weighted by atomic mass is 16.5. The summed E-state index contributed by atoms with van der Waals surface area (Å²) in [6, 6.07) is 14.4. The average Bonchev–Trinajstić information content (AvgIpc) is 3.84. The first-order chi connectivity index (χ1) is 31.9. The molecule has 0 bridgehead atoms. The Kier molecular flexibility index (Phi) is 14.4. The van der Waals surface area contributed by atoms with Crippen molar-refractivity contribution < 1.29 is 38.1 Å². The lowest BCUT2D eigenvalue weighted by Crippen LogP contribution is -2.54. The van der Waals surface area contributed by atoms with Gasteiger partial charge >= 0.3 is 12.2 Å². The number of aromatic amines is 2. The summed E-state index contributed by atoms with van der Waals surface area (Å²) in [6.07, 6.45) is 5.04. The molecule has 350 valence electrons. The number of carbonyl (C=O) groups is 4. The Hall–Kier alpha value is -6.18. The summed E-state index contributed by atoms with van der Waals surface area (Å²) in [5.74, 6) is 8.91. The normalized spacial score (nSPS) is 23.6. The maximum atomic E-state index is 14.2. The van der Waals surface area contributed by atoms with E-state index in [2.05, 4.69) is 70.1 Å². The van der Waals surface area contributed by atoms with Crippen LogP contribution >= 0.6 is 0 Å². The summed E-state index contributed by atoms with van der Waals surface area (Å²) in [7, 11) is 2.62. The zero-order valence-corrected chi connectivity index (χ0v) is 38.7. The molecular formula is C50H62N8O8. The lowest BCUT2D eigenvalue weighted by atomic mass is 9.90. The number of imidazole rings is 2. The molecule has 2 saturated carbocycles. The van der Waals surface area contributed by atoms with Gasteiger partial charge in [-0.15, -0.1) is 0 Å². The number of ether oxygens (including phenoxy) is 4. The van der Waals surface area contributed by atoms with E-state index in [0.717, 1.165) is 33.6 Å². The molecular weight excluding hydrogens is 841 g/mol. The van der Waals surface area contributed by atoms with Crippen LogP contribution in [-0.2, 0) is 41.6 Å². The van der Waals surface area contributed by atoms with Crippen LogP contribution in [0, 0.1) is 47.3 Å². The van der Waals surface area contributed by atoms with Crippen LogP contribution in [-0.4, -0.2) is 119 Å². The third kappa shape index (κ3) is 10.6. The van der Waals surface area contributed by atoms with Gasteiger partial charge in [0, 0.05) is 60.8 Å². The summed E-state index contributed by atoms with van der Waals surface area (Å²) < 4.78 is 20.9. The minimum atomic E-state index is -0.706. The molecule has 4 fully saturated rings. The number of hydrogen-bond acceptors (Lipinski definition) is 10. The lowest BCUT2D eigenvalue weighted by molar-refractivity contribution is -0.138. The molecule has 0 spiro atoms. The lowest BCUT2D eigenvalue weighted by Gasteiger charge is -2.34. The molecule has 16 nitrogen and oxygen atoms in total. The van der Waals surface area contributed by atoms with Gasteiger partial charge in [-0.2, -0.15) is 0 Å². The van der Waals surface area contributed by atoms with Gasteiger partial charge in [-0.3, -0.25) is 9.59 Å². The fourth-order valence-corrected chi connectivity index (χ4v) is 9.77. The van der Waals surface area contributed by atoms with Gasteiger partial charge in [-0.05, 0) is 85.5 Å². The van der Waals surface area contributed by atoms with E-state index in [-0.39, 0.29) is 35.7 Å². The van der Waals surface area contributed by atoms with Crippen molar-refractivity contribution in [2.24, 2.45) is 35.5 Å². The molecule has 8 rings (SSSR count). The summed E-state index contributed by atoms with van der Waals surface area (Å²) in [6.45, 7) is 11.5. The second-order valence-electron chi connectivity index (χ2n) is 18.4. The number of hydrogen-bond donors (Lipinski definition) is 4. The Balaban J connectivity index is 0.899. The van der Waals surface area contributed by atoms with E-state index < -0.39 is 24.3 Å². The number of carbonyl (C=O) groups excluding carboxylic acids is 4. The highest BCUT2D eigenvalue weighted by molar-refractivity contribution is 5.87. The molecule has 2 aliphatic heterocycles. The standard InChI is InChI=1S/C50H62N8O8/c1-29-30(2)43(29)57(47(59)41(55-49(61)63-5)35-17-21-65-22-18-35)27-39-25-51-45(53-39)37-13-9-33(10-14-37)7-8-34-11-15-38(16-12-34)46-52-26-40(54-46)28-58(44-31(3)32(44)4)48(60)42(56-50(62)64-6)36-19-23-66-24-20-36/h9-16,25-26,29-32,35-36,41-44H,17-24,27-28H2,1-6H3,(H,51,53)(H,52,54)(H,55,61)(H,56,62). The number of rotatable bonds is 14. The SMILES string of the molecule is COC(=O)NC(C(=O)N(Cc1cnc(-c2ccc(C#Cc3ccc(-c4ncc(CN(C(=O)C(NC(=O)OC)C5CCOCC5)C5C(C)C5C)[nH]4)cc3)cc2)[nH]1)C1C(C)C1C)C1CCOCC1. The number of methoxy groups -OCH3 is 2. The number of nitrogens with zero attached hydrogens (tertiary/aromatic N) is 4. The van der Waals surface area contributed by atoms with Crippen LogP contribution in [0.4, 0.5) is 9.59 Å². The molecule has 16 heteroatoms. The first-order valence-electron chi connectivity index (χ1n) is 23.2. The molecule has 2 aromatic heterocycles. The van der Waals surface area contributed by atoms with Gasteiger partial charge in [-0.25, -0.2) is 19.6 Å². The summed E-state index contributed by atoms with van der Waals surface area (Å²) in [5.41, 5.74) is 5.06. The number of amides is 4. The predicted molar refractivity (Wildman–Crippen MR) is 245 cm³/mol. The summed E-state index contributed by atoms with van der Waals surface area (Å²) in [5, 5.41) is 5.68. The van der Waals surface area contributed by atoms with Crippen molar-refractivity contribution in [2.75, 3.05) is 40.6 Å². The molecule has 66 heavy (non-hydrogen) atoms. The van der Waals surface area contributed by atoms with Crippen LogP contribution in [0.5, 0.6) is 0 Å². The highest BCUT2D eigenvalue weighted by Crippen LogP contribution is 2.45. The molecule has 6 atom stereocenters. The molecule has 0 radical (unpaired) electrons. The van der Waals surface area contributed by atoms with Crippen LogP contribution < -0.4 is 10.6 Å². The zero-order valence-electron chi connectivity index (χ0n) is 38.7. The quantitative estimate of drug-likeness (QED) is 0.107. The molecule has 4 aromatic rings. The third-order valence-corrected chi connectivity index (χ3v) is 14.3. The molecule has 4 heterocycles. The third-order valence-electron chi connectivity index (χ3n) is 14.3. The van der Waals surface area contributed by atoms with Crippen molar-refractivity contribution in [3.8, 4) is 34.6 Å². The fraction of sp³-hybridized carbons (Fsp3) is 0.520. The number of benzene rings is 2. The number of H-pyrrole nitrogens is 2. The number of aromatic nitrogens is 4. The van der Waals surface area contributed by atoms with E-state index in [4.69, 9.17) is 18.9 Å². The monoisotopic (exact) mass is 902 g/mol. The van der Waals surface area contributed by atoms with Gasteiger partial charge in [0.25, 0.3) is 0 Å². The molecule has 2 aliphatic carbocycles. The van der Waals surface area contributed by atoms with Crippen molar-refractivity contribution in [3.63, 3.8) is 0 Å². The van der Waals surface area contributed by atoms with Crippen molar-refractivity contribution in [1.29, 1.82) is 0 Å². The van der Waals surface area contributed by atoms with Crippen molar-refractivity contribution in [1.82, 2.24) is 40.4 Å². The predicted octanol–water partition coefficient (Wildman–Crippen LogP) is 6.14. The van der Waals surface area contributed by atoms with Crippen LogP contribution in [0.2, 0.25) is 0 Å². The Morgan fingerprint density at radius 1 is 0.621 bits per heavy atom. The van der Waals surface area contributed by atoms with Crippen LogP contribution in [0.3, 0.4) is 0 Å². The second kappa shape index (κ2) is 20.6. The van der Waals surface area contributed by atoms with E-state index in [1.165, 1.54) is 14.2 Å². The van der Waals surface area contributed by atoms with Gasteiger partial charge in [-0.1, -0.05) is 63.8 Å². The van der Waals surface area contributed by atoms with E-state index in [1.54, 1.807) is 12.4 Å². The molecule has 6 unspecified atom stereocenters. The second-order valence-corrected chi connectivity index (χ2v) is 18.4. The molecule has 4 N–H and O–H groups in total. The molecule has 4 amide bonds. The summed E-state index contributed by atoms with van der Waals surface area (Å²) in [4.78, 5) is 73.2. The van der Waals surface area contributed by atoms with E-state index in [9.17, 15) is 19.2 Å². The fourth-order valence-electron chi connectivity index (χ4n) is 9.77. The maximum absolute atomic E-state index is 14.2. The van der Waals surface area contributed by atoms with Crippen molar-refractivity contribution in [3.05, 3.63) is 83.4 Å². The van der Waals surface area contributed by atoms with Crippen LogP contribution in [0.15, 0.2) is 60.9 Å². The smallest absolute Gasteiger partial charge is 0.407 e. The number of nitrogens with one attached hydrogen (secondary N) is 4. The maximum Gasteiger partial charge on any atom is 0.407 e. The average molecular weight is 903 g/mol. The highest BCUT2D eigenvalue weighted by Gasteiger charge is 2.52. The Morgan fingerprint density at radius 2 is 0.970 bits per heavy atom. The van der Waals surface area contributed by atoms with E-state index >= 15 is 0 Å². The van der Waals surface area contributed by atoms with Crippen LogP contribution in [0.25, 0.3) is 22.8 Å². The van der Waals surface area contributed by atoms with Gasteiger partial charge in [0.15, 0.2) is 0 Å².